The van der Waals surface area contributed by atoms with Gasteiger partial charge < -0.3 is 5.11 Å². The van der Waals surface area contributed by atoms with Crippen LogP contribution in [0.4, 0.5) is 0 Å². The van der Waals surface area contributed by atoms with E-state index in [9.17, 15) is 13.2 Å². The Balaban J connectivity index is 1.84. The highest BCUT2D eigenvalue weighted by atomic mass is 35.5. The van der Waals surface area contributed by atoms with Gasteiger partial charge in [0.15, 0.2) is 0 Å². The van der Waals surface area contributed by atoms with E-state index in [0.29, 0.717) is 23.1 Å². The van der Waals surface area contributed by atoms with Crippen molar-refractivity contribution in [1.82, 2.24) is 13.9 Å². The Bertz CT molecular complexity index is 1330. The molecule has 0 saturated carbocycles. The van der Waals surface area contributed by atoms with Gasteiger partial charge in [-0.15, -0.1) is 11.3 Å². The minimum absolute atomic E-state index is 0.0589. The fourth-order valence-electron chi connectivity index (χ4n) is 3.24. The lowest BCUT2D eigenvalue weighted by Crippen LogP contribution is -2.16. The third kappa shape index (κ3) is 3.96. The summed E-state index contributed by atoms with van der Waals surface area (Å²) >= 11 is 7.40. The van der Waals surface area contributed by atoms with E-state index in [1.165, 1.54) is 27.4 Å². The molecule has 4 rings (SSSR count). The molecule has 3 aromatic heterocycles. The first kappa shape index (κ1) is 20.5. The van der Waals surface area contributed by atoms with Crippen LogP contribution in [0.3, 0.4) is 0 Å². The van der Waals surface area contributed by atoms with Gasteiger partial charge >= 0.3 is 5.97 Å². The molecule has 1 aromatic carbocycles. The molecule has 1 N–H and O–H groups in total. The van der Waals surface area contributed by atoms with Crippen LogP contribution in [0.1, 0.15) is 18.5 Å². The predicted molar refractivity (Wildman–Crippen MR) is 115 cm³/mol. The molecule has 0 aliphatic rings. The SMILES string of the molecule is O=C(O)CCCc1cc2nc(Cl)ccc2n1S(=O)(=O)c1cccc(-c2cncs2)c1. The van der Waals surface area contributed by atoms with Gasteiger partial charge in [0, 0.05) is 18.3 Å². The van der Waals surface area contributed by atoms with Crippen molar-refractivity contribution in [3.8, 4) is 10.4 Å². The van der Waals surface area contributed by atoms with Crippen LogP contribution in [-0.2, 0) is 21.2 Å². The van der Waals surface area contributed by atoms with E-state index in [4.69, 9.17) is 16.7 Å². The highest BCUT2D eigenvalue weighted by Gasteiger charge is 2.24. The molecule has 154 valence electrons. The van der Waals surface area contributed by atoms with Crippen LogP contribution in [0.5, 0.6) is 0 Å². The second kappa shape index (κ2) is 8.17. The first-order chi connectivity index (χ1) is 14.4. The number of rotatable bonds is 7. The maximum atomic E-state index is 13.6. The van der Waals surface area contributed by atoms with E-state index in [1.54, 1.807) is 36.0 Å². The average Bonchev–Trinajstić information content (AvgIpc) is 3.35. The molecular formula is C20H16ClN3O4S2. The Morgan fingerprint density at radius 3 is 2.77 bits per heavy atom. The topological polar surface area (TPSA) is 102 Å². The Labute approximate surface area is 181 Å². The number of carboxylic acid groups (broad SMARTS) is 1. The maximum Gasteiger partial charge on any atom is 0.303 e. The molecule has 10 heteroatoms. The van der Waals surface area contributed by atoms with Gasteiger partial charge in [0.05, 0.1) is 26.3 Å². The van der Waals surface area contributed by atoms with Gasteiger partial charge in [-0.25, -0.2) is 17.4 Å². The van der Waals surface area contributed by atoms with Crippen LogP contribution in [0.2, 0.25) is 5.15 Å². The second-order valence-corrected chi connectivity index (χ2v) is 9.64. The third-order valence-corrected chi connectivity index (χ3v) is 7.36. The number of nitrogens with zero attached hydrogens (tertiary/aromatic N) is 3. The minimum atomic E-state index is -3.96. The van der Waals surface area contributed by atoms with Gasteiger partial charge in [0.25, 0.3) is 10.0 Å². The summed E-state index contributed by atoms with van der Waals surface area (Å²) in [6.45, 7) is 0. The number of aromatic nitrogens is 3. The standard InChI is InChI=1S/C20H16ClN3O4S2/c21-19-8-7-17-16(23-19)10-14(4-2-6-20(25)26)24(17)30(27,28)15-5-1-3-13(9-15)18-11-22-12-29-18/h1,3,5,7-12H,2,4,6H2,(H,25,26). The number of thiazole rings is 1. The lowest BCUT2D eigenvalue weighted by molar-refractivity contribution is -0.137. The van der Waals surface area contributed by atoms with E-state index in [0.717, 1.165) is 10.4 Å². The number of fused-ring (bicyclic) bond motifs is 1. The lowest BCUT2D eigenvalue weighted by Gasteiger charge is -2.12. The van der Waals surface area contributed by atoms with E-state index in [2.05, 4.69) is 9.97 Å². The summed E-state index contributed by atoms with van der Waals surface area (Å²) in [5, 5.41) is 9.19. The first-order valence-electron chi connectivity index (χ1n) is 8.99. The molecule has 30 heavy (non-hydrogen) atoms. The first-order valence-corrected chi connectivity index (χ1v) is 11.7. The molecule has 0 spiro atoms. The molecule has 0 atom stereocenters. The van der Waals surface area contributed by atoms with Crippen molar-refractivity contribution in [1.29, 1.82) is 0 Å². The number of halogens is 1. The van der Waals surface area contributed by atoms with Crippen LogP contribution in [0, 0.1) is 0 Å². The second-order valence-electron chi connectivity index (χ2n) is 6.58. The number of hydrogen-bond donors (Lipinski definition) is 1. The molecule has 0 saturated heterocycles. The molecular weight excluding hydrogens is 446 g/mol. The number of carbonyl (C=O) groups is 1. The number of aliphatic carboxylic acids is 1. The Morgan fingerprint density at radius 1 is 1.20 bits per heavy atom. The van der Waals surface area contributed by atoms with Crippen LogP contribution < -0.4 is 0 Å². The van der Waals surface area contributed by atoms with E-state index >= 15 is 0 Å². The zero-order valence-corrected chi connectivity index (χ0v) is 17.9. The molecule has 0 aliphatic heterocycles. The summed E-state index contributed by atoms with van der Waals surface area (Å²) < 4.78 is 28.4. The molecule has 0 aliphatic carbocycles. The molecule has 0 unspecified atom stereocenters. The van der Waals surface area contributed by atoms with Gasteiger partial charge in [-0.05, 0) is 48.7 Å². The predicted octanol–water partition coefficient (Wildman–Crippen LogP) is 4.46. The van der Waals surface area contributed by atoms with Gasteiger partial charge in [-0.2, -0.15) is 0 Å². The van der Waals surface area contributed by atoms with Crippen molar-refractivity contribution in [2.45, 2.75) is 24.2 Å². The number of benzene rings is 1. The molecule has 0 radical (unpaired) electrons. The smallest absolute Gasteiger partial charge is 0.303 e. The molecule has 0 bridgehead atoms. The summed E-state index contributed by atoms with van der Waals surface area (Å²) in [5.74, 6) is -0.932. The average molecular weight is 462 g/mol. The molecule has 4 aromatic rings. The number of aryl methyl sites for hydroxylation is 1. The lowest BCUT2D eigenvalue weighted by atomic mass is 10.2. The van der Waals surface area contributed by atoms with Gasteiger partial charge in [0.2, 0.25) is 0 Å². The Hall–Kier alpha value is -2.75. The van der Waals surface area contributed by atoms with Gasteiger partial charge in [0.1, 0.15) is 5.15 Å². The van der Waals surface area contributed by atoms with Crippen molar-refractivity contribution in [2.24, 2.45) is 0 Å². The number of pyridine rings is 1. The summed E-state index contributed by atoms with van der Waals surface area (Å²) in [7, 11) is -3.96. The van der Waals surface area contributed by atoms with E-state index in [-0.39, 0.29) is 22.9 Å². The van der Waals surface area contributed by atoms with Crippen molar-refractivity contribution in [3.63, 3.8) is 0 Å². The van der Waals surface area contributed by atoms with Crippen molar-refractivity contribution in [3.05, 3.63) is 65.0 Å². The molecule has 0 amide bonds. The van der Waals surface area contributed by atoms with Gasteiger partial charge in [-0.3, -0.25) is 9.78 Å². The van der Waals surface area contributed by atoms with E-state index in [1.807, 2.05) is 6.07 Å². The monoisotopic (exact) mass is 461 g/mol. The molecule has 7 nitrogen and oxygen atoms in total. The van der Waals surface area contributed by atoms with Gasteiger partial charge in [-0.1, -0.05) is 23.7 Å². The van der Waals surface area contributed by atoms with Crippen LogP contribution >= 0.6 is 22.9 Å². The summed E-state index contributed by atoms with van der Waals surface area (Å²) in [4.78, 5) is 20.2. The quantitative estimate of drug-likeness (QED) is 0.408. The minimum Gasteiger partial charge on any atom is -0.481 e. The van der Waals surface area contributed by atoms with Crippen LogP contribution in [-0.4, -0.2) is 33.4 Å². The zero-order valence-electron chi connectivity index (χ0n) is 15.5. The fraction of sp³-hybridized carbons (Fsp3) is 0.150. The highest BCUT2D eigenvalue weighted by molar-refractivity contribution is 7.90. The summed E-state index contributed by atoms with van der Waals surface area (Å²) in [5.41, 5.74) is 3.74. The molecule has 3 heterocycles. The van der Waals surface area contributed by atoms with E-state index < -0.39 is 16.0 Å². The Morgan fingerprint density at radius 2 is 2.03 bits per heavy atom. The van der Waals surface area contributed by atoms with Crippen LogP contribution in [0.25, 0.3) is 21.5 Å². The summed E-state index contributed by atoms with van der Waals surface area (Å²) in [6, 6.07) is 11.5. The normalized spacial score (nSPS) is 11.8. The molecule has 0 fully saturated rings. The fourth-order valence-corrected chi connectivity index (χ4v) is 5.62. The van der Waals surface area contributed by atoms with Crippen molar-refractivity contribution < 1.29 is 18.3 Å². The largest absolute Gasteiger partial charge is 0.481 e. The van der Waals surface area contributed by atoms with Crippen molar-refractivity contribution >= 4 is 50.0 Å². The zero-order chi connectivity index (χ0) is 21.3. The summed E-state index contributed by atoms with van der Waals surface area (Å²) in [6.07, 6.45) is 2.20. The van der Waals surface area contributed by atoms with Crippen molar-refractivity contribution in [2.75, 3.05) is 0 Å². The highest BCUT2D eigenvalue weighted by Crippen LogP contribution is 2.30. The number of carboxylic acids is 1. The van der Waals surface area contributed by atoms with Crippen LogP contribution in [0.15, 0.2) is 59.1 Å². The maximum absolute atomic E-state index is 13.6. The Kier molecular flexibility index (Phi) is 5.59. The third-order valence-electron chi connectivity index (χ3n) is 4.56. The number of hydrogen-bond acceptors (Lipinski definition) is 6.